The second-order valence-electron chi connectivity index (χ2n) is 6.28. The molecule has 3 rings (SSSR count). The topological polar surface area (TPSA) is 76.1 Å². The first-order valence-corrected chi connectivity index (χ1v) is 8.47. The first kappa shape index (κ1) is 17.9. The third-order valence-corrected chi connectivity index (χ3v) is 4.17. The molecule has 0 saturated carbocycles. The van der Waals surface area contributed by atoms with Crippen molar-refractivity contribution in [2.45, 2.75) is 25.7 Å². The smallest absolute Gasteiger partial charge is 0.334 e. The van der Waals surface area contributed by atoms with Gasteiger partial charge < -0.3 is 19.5 Å². The van der Waals surface area contributed by atoms with Gasteiger partial charge in [-0.25, -0.2) is 4.79 Å². The summed E-state index contributed by atoms with van der Waals surface area (Å²) in [6, 6.07) is 16.7. The molecule has 1 heterocycles. The molecule has 1 aliphatic heterocycles. The molecule has 6 nitrogen and oxygen atoms in total. The minimum absolute atomic E-state index is 0.0464. The van der Waals surface area contributed by atoms with Crippen LogP contribution in [0, 0.1) is 0 Å². The van der Waals surface area contributed by atoms with Gasteiger partial charge in [-0.2, -0.15) is 0 Å². The van der Waals surface area contributed by atoms with Crippen LogP contribution in [-0.4, -0.2) is 47.2 Å². The van der Waals surface area contributed by atoms with Gasteiger partial charge in [-0.05, 0) is 36.8 Å². The van der Waals surface area contributed by atoms with Crippen LogP contribution in [0.15, 0.2) is 54.6 Å². The van der Waals surface area contributed by atoms with E-state index in [4.69, 9.17) is 14.6 Å². The number of rotatable bonds is 5. The summed E-state index contributed by atoms with van der Waals surface area (Å²) in [5.74, 6) is -0.593. The molecule has 2 aromatic carbocycles. The van der Waals surface area contributed by atoms with Crippen LogP contribution in [0.4, 0.5) is 0 Å². The average molecular weight is 355 g/mol. The minimum Gasteiger partial charge on any atom is -0.489 e. The fourth-order valence-corrected chi connectivity index (χ4v) is 2.87. The first-order valence-electron chi connectivity index (χ1n) is 8.47. The van der Waals surface area contributed by atoms with E-state index in [1.807, 2.05) is 30.3 Å². The summed E-state index contributed by atoms with van der Waals surface area (Å²) in [4.78, 5) is 25.3. The molecule has 0 aliphatic carbocycles. The van der Waals surface area contributed by atoms with Crippen molar-refractivity contribution in [1.82, 2.24) is 4.90 Å². The van der Waals surface area contributed by atoms with Gasteiger partial charge >= 0.3 is 5.97 Å². The maximum absolute atomic E-state index is 12.6. The third kappa shape index (κ3) is 4.40. The molecule has 26 heavy (non-hydrogen) atoms. The van der Waals surface area contributed by atoms with Gasteiger partial charge in [0.15, 0.2) is 6.10 Å². The molecule has 1 saturated heterocycles. The number of benzene rings is 2. The summed E-state index contributed by atoms with van der Waals surface area (Å²) >= 11 is 0. The molecular formula is C20H21NO5. The molecule has 136 valence electrons. The fourth-order valence-electron chi connectivity index (χ4n) is 2.87. The highest BCUT2D eigenvalue weighted by Crippen LogP contribution is 2.18. The van der Waals surface area contributed by atoms with Gasteiger partial charge in [-0.1, -0.05) is 30.3 Å². The Morgan fingerprint density at radius 2 is 1.81 bits per heavy atom. The number of carbonyl (C=O) groups excluding carboxylic acids is 1. The number of carboxylic acid groups (broad SMARTS) is 1. The van der Waals surface area contributed by atoms with Crippen molar-refractivity contribution in [3.05, 3.63) is 65.7 Å². The van der Waals surface area contributed by atoms with E-state index in [2.05, 4.69) is 0 Å². The van der Waals surface area contributed by atoms with E-state index in [9.17, 15) is 9.59 Å². The highest BCUT2D eigenvalue weighted by molar-refractivity contribution is 5.94. The van der Waals surface area contributed by atoms with Crippen LogP contribution >= 0.6 is 0 Å². The Morgan fingerprint density at radius 1 is 1.12 bits per heavy atom. The Kier molecular flexibility index (Phi) is 5.53. The van der Waals surface area contributed by atoms with Crippen molar-refractivity contribution >= 4 is 11.9 Å². The second-order valence-corrected chi connectivity index (χ2v) is 6.28. The molecule has 1 unspecified atom stereocenters. The lowest BCUT2D eigenvalue weighted by Crippen LogP contribution is -2.51. The van der Waals surface area contributed by atoms with E-state index in [0.717, 1.165) is 5.56 Å². The predicted molar refractivity (Wildman–Crippen MR) is 95.1 cm³/mol. The Bertz CT molecular complexity index is 760. The van der Waals surface area contributed by atoms with Crippen molar-refractivity contribution in [2.24, 2.45) is 0 Å². The Morgan fingerprint density at radius 3 is 2.46 bits per heavy atom. The van der Waals surface area contributed by atoms with E-state index >= 15 is 0 Å². The van der Waals surface area contributed by atoms with Crippen molar-refractivity contribution in [3.8, 4) is 5.75 Å². The number of nitrogens with zero attached hydrogens (tertiary/aromatic N) is 1. The van der Waals surface area contributed by atoms with E-state index in [-0.39, 0.29) is 18.6 Å². The number of carboxylic acids is 1. The van der Waals surface area contributed by atoms with Crippen LogP contribution in [0.2, 0.25) is 0 Å². The number of ether oxygens (including phenoxy) is 2. The third-order valence-electron chi connectivity index (χ3n) is 4.17. The minimum atomic E-state index is -1.06. The van der Waals surface area contributed by atoms with Crippen molar-refractivity contribution in [1.29, 1.82) is 0 Å². The molecular weight excluding hydrogens is 334 g/mol. The maximum Gasteiger partial charge on any atom is 0.334 e. The normalized spacial score (nSPS) is 19.8. The van der Waals surface area contributed by atoms with Gasteiger partial charge in [0.2, 0.25) is 0 Å². The predicted octanol–water partition coefficient (Wildman–Crippen LogP) is 2.58. The molecule has 1 fully saturated rings. The van der Waals surface area contributed by atoms with Gasteiger partial charge in [0, 0.05) is 12.1 Å². The fraction of sp³-hybridized carbons (Fsp3) is 0.300. The lowest BCUT2D eigenvalue weighted by atomic mass is 10.1. The lowest BCUT2D eigenvalue weighted by molar-refractivity contribution is -0.160. The van der Waals surface area contributed by atoms with E-state index in [0.29, 0.717) is 24.5 Å². The van der Waals surface area contributed by atoms with Gasteiger partial charge in [0.25, 0.3) is 5.91 Å². The number of hydrogen-bond acceptors (Lipinski definition) is 4. The Labute approximate surface area is 152 Å². The molecule has 2 atom stereocenters. The highest BCUT2D eigenvalue weighted by Gasteiger charge is 2.32. The summed E-state index contributed by atoms with van der Waals surface area (Å²) < 4.78 is 11.1. The van der Waals surface area contributed by atoms with Crippen LogP contribution in [0.3, 0.4) is 0 Å². The highest BCUT2D eigenvalue weighted by atomic mass is 16.5. The standard InChI is InChI=1S/C20H21NO5/c1-14-11-21(12-18(26-14)20(23)24)19(22)16-7-9-17(10-8-16)25-13-15-5-3-2-4-6-15/h2-10,14,18H,11-13H2,1H3,(H,23,24)/t14-,18?/m1/s1. The van der Waals surface area contributed by atoms with Gasteiger partial charge in [-0.3, -0.25) is 4.79 Å². The number of amides is 1. The molecule has 0 bridgehead atoms. The summed E-state index contributed by atoms with van der Waals surface area (Å²) in [6.45, 7) is 2.63. The summed E-state index contributed by atoms with van der Waals surface area (Å²) in [6.07, 6.45) is -1.31. The van der Waals surface area contributed by atoms with Crippen molar-refractivity contribution in [2.75, 3.05) is 13.1 Å². The molecule has 0 aromatic heterocycles. The second kappa shape index (κ2) is 8.01. The molecule has 6 heteroatoms. The van der Waals surface area contributed by atoms with Crippen LogP contribution < -0.4 is 4.74 Å². The summed E-state index contributed by atoms with van der Waals surface area (Å²) in [7, 11) is 0. The van der Waals surface area contributed by atoms with Crippen molar-refractivity contribution in [3.63, 3.8) is 0 Å². The van der Waals surface area contributed by atoms with Gasteiger partial charge in [0.05, 0.1) is 12.6 Å². The quantitative estimate of drug-likeness (QED) is 0.892. The Balaban J connectivity index is 1.62. The average Bonchev–Trinajstić information content (AvgIpc) is 2.66. The van der Waals surface area contributed by atoms with Crippen LogP contribution in [0.25, 0.3) is 0 Å². The van der Waals surface area contributed by atoms with E-state index in [1.165, 1.54) is 4.90 Å². The molecule has 1 aliphatic rings. The first-order chi connectivity index (χ1) is 12.5. The maximum atomic E-state index is 12.6. The molecule has 0 radical (unpaired) electrons. The molecule has 0 spiro atoms. The van der Waals surface area contributed by atoms with Crippen molar-refractivity contribution < 1.29 is 24.2 Å². The largest absolute Gasteiger partial charge is 0.489 e. The zero-order valence-electron chi connectivity index (χ0n) is 14.5. The zero-order chi connectivity index (χ0) is 18.5. The number of morpholine rings is 1. The van der Waals surface area contributed by atoms with Gasteiger partial charge in [-0.15, -0.1) is 0 Å². The lowest BCUT2D eigenvalue weighted by Gasteiger charge is -2.35. The number of aliphatic carboxylic acids is 1. The van der Waals surface area contributed by atoms with Crippen LogP contribution in [0.5, 0.6) is 5.75 Å². The van der Waals surface area contributed by atoms with E-state index in [1.54, 1.807) is 31.2 Å². The van der Waals surface area contributed by atoms with E-state index < -0.39 is 12.1 Å². The summed E-state index contributed by atoms with van der Waals surface area (Å²) in [5.41, 5.74) is 1.56. The van der Waals surface area contributed by atoms with Crippen LogP contribution in [-0.2, 0) is 16.1 Å². The SMILES string of the molecule is C[C@@H]1CN(C(=O)c2ccc(OCc3ccccc3)cc2)CC(C(=O)O)O1. The number of hydrogen-bond donors (Lipinski definition) is 1. The summed E-state index contributed by atoms with van der Waals surface area (Å²) in [5, 5.41) is 9.14. The number of carbonyl (C=O) groups is 2. The molecule has 1 amide bonds. The van der Waals surface area contributed by atoms with Crippen LogP contribution in [0.1, 0.15) is 22.8 Å². The molecule has 1 N–H and O–H groups in total. The molecule has 2 aromatic rings. The Hall–Kier alpha value is -2.86. The van der Waals surface area contributed by atoms with Gasteiger partial charge in [0.1, 0.15) is 12.4 Å². The zero-order valence-corrected chi connectivity index (χ0v) is 14.5. The monoisotopic (exact) mass is 355 g/mol.